The highest BCUT2D eigenvalue weighted by molar-refractivity contribution is 5.07. The van der Waals surface area contributed by atoms with Gasteiger partial charge in [-0.2, -0.15) is 0 Å². The predicted octanol–water partition coefficient (Wildman–Crippen LogP) is 3.78. The fourth-order valence-corrected chi connectivity index (χ4v) is 0.692. The molecule has 0 heteroatoms. The smallest absolute Gasteiger partial charge is 0.0337 e. The van der Waals surface area contributed by atoms with Crippen LogP contribution in [0, 0.1) is 6.42 Å². The minimum Gasteiger partial charge on any atom is -0.0876 e. The molecule has 0 nitrogen and oxygen atoms in total. The van der Waals surface area contributed by atoms with Gasteiger partial charge in [0.25, 0.3) is 0 Å². The monoisotopic (exact) mass is 150 g/mol. The molecule has 0 aromatic carbocycles. The summed E-state index contributed by atoms with van der Waals surface area (Å²) >= 11 is 0. The van der Waals surface area contributed by atoms with Gasteiger partial charge in [-0.3, -0.25) is 0 Å². The molecule has 0 saturated carbocycles. The molecule has 0 aliphatic carbocycles. The van der Waals surface area contributed by atoms with Crippen LogP contribution in [0.5, 0.6) is 0 Å². The number of unbranched alkanes of at least 4 members (excludes halogenated alkanes) is 2. The Hall–Kier alpha value is -0.520. The zero-order chi connectivity index (χ0) is 8.36. The van der Waals surface area contributed by atoms with E-state index in [1.54, 1.807) is 0 Å². The van der Waals surface area contributed by atoms with Crippen LogP contribution in [0.25, 0.3) is 0 Å². The minimum atomic E-state index is 1.16. The third-order valence-corrected chi connectivity index (χ3v) is 1.34. The van der Waals surface area contributed by atoms with Crippen LogP contribution in [-0.4, -0.2) is 0 Å². The van der Waals surface area contributed by atoms with Gasteiger partial charge in [-0.25, -0.2) is 0 Å². The van der Waals surface area contributed by atoms with Gasteiger partial charge in [0.1, 0.15) is 0 Å². The zero-order valence-corrected chi connectivity index (χ0v) is 7.64. The Morgan fingerprint density at radius 2 is 1.36 bits per heavy atom. The van der Waals surface area contributed by atoms with Crippen LogP contribution in [0.2, 0.25) is 0 Å². The van der Waals surface area contributed by atoms with Crippen LogP contribution in [0.4, 0.5) is 0 Å². The molecule has 2 radical (unpaired) electrons. The second-order valence-corrected chi connectivity index (χ2v) is 2.55. The molecule has 0 N–H and O–H groups in total. The maximum Gasteiger partial charge on any atom is 0.0337 e. The first kappa shape index (κ1) is 10.5. The van der Waals surface area contributed by atoms with E-state index in [1.165, 1.54) is 12.8 Å². The zero-order valence-electron chi connectivity index (χ0n) is 7.64. The van der Waals surface area contributed by atoms with E-state index in [-0.39, 0.29) is 0 Å². The summed E-state index contributed by atoms with van der Waals surface area (Å²) in [6.45, 7) is 4.36. The molecule has 0 amide bonds. The summed E-state index contributed by atoms with van der Waals surface area (Å²) in [5.74, 6) is 0. The van der Waals surface area contributed by atoms with Crippen LogP contribution in [0.15, 0.2) is 24.3 Å². The average Bonchev–Trinajstić information content (AvgIpc) is 2.03. The van der Waals surface area contributed by atoms with E-state index in [9.17, 15) is 0 Å². The predicted molar refractivity (Wildman–Crippen MR) is 51.3 cm³/mol. The van der Waals surface area contributed by atoms with Gasteiger partial charge in [0.15, 0.2) is 0 Å². The van der Waals surface area contributed by atoms with Crippen molar-refractivity contribution in [2.24, 2.45) is 0 Å². The lowest BCUT2D eigenvalue weighted by Crippen LogP contribution is -1.64. The third-order valence-electron chi connectivity index (χ3n) is 1.34. The summed E-state index contributed by atoms with van der Waals surface area (Å²) in [4.78, 5) is 0. The summed E-state index contributed by atoms with van der Waals surface area (Å²) in [6.07, 6.45) is 16.1. The summed E-state index contributed by atoms with van der Waals surface area (Å²) in [7, 11) is 0. The quantitative estimate of drug-likeness (QED) is 0.540. The first-order chi connectivity index (χ1) is 5.41. The molecule has 0 heterocycles. The van der Waals surface area contributed by atoms with Crippen molar-refractivity contribution in [1.82, 2.24) is 0 Å². The second kappa shape index (κ2) is 9.48. The van der Waals surface area contributed by atoms with E-state index < -0.39 is 0 Å². The van der Waals surface area contributed by atoms with Gasteiger partial charge < -0.3 is 0 Å². The van der Waals surface area contributed by atoms with E-state index in [4.69, 9.17) is 0 Å². The molecule has 0 unspecified atom stereocenters. The number of hydrogen-bond acceptors (Lipinski definition) is 0. The molecule has 0 aromatic heterocycles. The Bertz CT molecular complexity index is 95.2. The molecule has 0 aliphatic rings. The molecular weight excluding hydrogens is 132 g/mol. The van der Waals surface area contributed by atoms with E-state index in [2.05, 4.69) is 32.4 Å². The summed E-state index contributed by atoms with van der Waals surface area (Å²) in [6, 6.07) is 0. The van der Waals surface area contributed by atoms with Gasteiger partial charge in [0.2, 0.25) is 0 Å². The SMILES string of the molecule is CCCC=C[C]C=CCCC. The van der Waals surface area contributed by atoms with Gasteiger partial charge >= 0.3 is 0 Å². The Morgan fingerprint density at radius 3 is 1.73 bits per heavy atom. The van der Waals surface area contributed by atoms with Crippen molar-refractivity contribution in [1.29, 1.82) is 0 Å². The van der Waals surface area contributed by atoms with Gasteiger partial charge in [-0.05, 0) is 12.8 Å². The van der Waals surface area contributed by atoms with E-state index in [0.29, 0.717) is 0 Å². The summed E-state index contributed by atoms with van der Waals surface area (Å²) < 4.78 is 0. The normalized spacial score (nSPS) is 11.8. The molecule has 0 bridgehead atoms. The Labute approximate surface area is 71.0 Å². The van der Waals surface area contributed by atoms with E-state index in [1.807, 2.05) is 12.2 Å². The van der Waals surface area contributed by atoms with Crippen LogP contribution < -0.4 is 0 Å². The fraction of sp³-hybridized carbons (Fsp3) is 0.545. The molecule has 0 atom stereocenters. The van der Waals surface area contributed by atoms with E-state index >= 15 is 0 Å². The Kier molecular flexibility index (Phi) is 9.03. The Balaban J connectivity index is 3.11. The molecule has 62 valence electrons. The summed E-state index contributed by atoms with van der Waals surface area (Å²) in [5, 5.41) is 0. The number of rotatable bonds is 6. The van der Waals surface area contributed by atoms with Gasteiger partial charge in [-0.1, -0.05) is 51.0 Å². The first-order valence-corrected chi connectivity index (χ1v) is 4.47. The molecule has 0 rings (SSSR count). The van der Waals surface area contributed by atoms with Crippen molar-refractivity contribution >= 4 is 0 Å². The maximum atomic E-state index is 3.09. The molecule has 11 heavy (non-hydrogen) atoms. The van der Waals surface area contributed by atoms with Gasteiger partial charge in [0.05, 0.1) is 0 Å². The molecule has 0 spiro atoms. The van der Waals surface area contributed by atoms with Crippen LogP contribution in [-0.2, 0) is 0 Å². The van der Waals surface area contributed by atoms with Crippen molar-refractivity contribution < 1.29 is 0 Å². The second-order valence-electron chi connectivity index (χ2n) is 2.55. The van der Waals surface area contributed by atoms with Crippen molar-refractivity contribution in [3.05, 3.63) is 30.7 Å². The molecule has 0 fully saturated rings. The lowest BCUT2D eigenvalue weighted by Gasteiger charge is -1.83. The Morgan fingerprint density at radius 1 is 0.909 bits per heavy atom. The third kappa shape index (κ3) is 9.48. The van der Waals surface area contributed by atoms with Crippen molar-refractivity contribution in [2.45, 2.75) is 39.5 Å². The van der Waals surface area contributed by atoms with Crippen molar-refractivity contribution in [2.75, 3.05) is 0 Å². The molecular formula is C11H18. The largest absolute Gasteiger partial charge is 0.0876 e. The van der Waals surface area contributed by atoms with Crippen LogP contribution in [0.1, 0.15) is 39.5 Å². The standard InChI is InChI=1S/C11H18/c1-3-5-7-9-11-10-8-6-4-2/h7-10H,3-6H2,1-2H3. The highest BCUT2D eigenvalue weighted by Gasteiger charge is 1.74. The molecule has 0 aliphatic heterocycles. The minimum absolute atomic E-state index is 1.16. The maximum absolute atomic E-state index is 3.09. The van der Waals surface area contributed by atoms with Crippen LogP contribution in [0.3, 0.4) is 0 Å². The average molecular weight is 150 g/mol. The van der Waals surface area contributed by atoms with Crippen molar-refractivity contribution in [3.8, 4) is 0 Å². The highest BCUT2D eigenvalue weighted by Crippen LogP contribution is 1.93. The molecule has 0 aromatic rings. The topological polar surface area (TPSA) is 0 Å². The first-order valence-electron chi connectivity index (χ1n) is 4.47. The van der Waals surface area contributed by atoms with Gasteiger partial charge in [0, 0.05) is 6.42 Å². The molecule has 0 saturated heterocycles. The summed E-state index contributed by atoms with van der Waals surface area (Å²) in [5.41, 5.74) is 0. The van der Waals surface area contributed by atoms with E-state index in [0.717, 1.165) is 12.8 Å². The number of allylic oxidation sites excluding steroid dienone is 4. The fourth-order valence-electron chi connectivity index (χ4n) is 0.692. The van der Waals surface area contributed by atoms with Crippen LogP contribution >= 0.6 is 0 Å². The lowest BCUT2D eigenvalue weighted by atomic mass is 10.2. The van der Waals surface area contributed by atoms with Crippen molar-refractivity contribution in [3.63, 3.8) is 0 Å². The lowest BCUT2D eigenvalue weighted by molar-refractivity contribution is 0.955. The highest BCUT2D eigenvalue weighted by atomic mass is 13.8. The number of hydrogen-bond donors (Lipinski definition) is 0. The van der Waals surface area contributed by atoms with Gasteiger partial charge in [-0.15, -0.1) is 0 Å².